The van der Waals surface area contributed by atoms with Gasteiger partial charge in [-0.15, -0.1) is 11.6 Å². The van der Waals surface area contributed by atoms with Crippen molar-refractivity contribution in [2.24, 2.45) is 0 Å². The van der Waals surface area contributed by atoms with Gasteiger partial charge in [0.05, 0.1) is 6.54 Å². The molecule has 2 nitrogen and oxygen atoms in total. The van der Waals surface area contributed by atoms with E-state index in [1.807, 2.05) is 10.4 Å². The molecule has 0 unspecified atom stereocenters. The summed E-state index contributed by atoms with van der Waals surface area (Å²) < 4.78 is 2.03. The topological polar surface area (TPSA) is 20.3 Å². The Morgan fingerprint density at radius 1 is 1.44 bits per heavy atom. The Kier molecular flexibility index (Phi) is 4.14. The van der Waals surface area contributed by atoms with Crippen LogP contribution in [-0.2, 0) is 0 Å². The van der Waals surface area contributed by atoms with Crippen molar-refractivity contribution in [3.05, 3.63) is 28.8 Å². The van der Waals surface area contributed by atoms with Crippen molar-refractivity contribution >= 4 is 40.9 Å². The minimum Gasteiger partial charge on any atom is -0.293 e. The van der Waals surface area contributed by atoms with Gasteiger partial charge in [-0.25, -0.2) is 4.31 Å². The molecule has 0 aromatic heterocycles. The predicted molar refractivity (Wildman–Crippen MR) is 68.5 cm³/mol. The molecule has 86 valence electrons. The molecule has 0 radical (unpaired) electrons. The fourth-order valence-corrected chi connectivity index (χ4v) is 3.08. The smallest absolute Gasteiger partial charge is 0.178 e. The number of carbonyl (C=O) groups excluding carboxylic acids is 1. The van der Waals surface area contributed by atoms with Crippen LogP contribution in [0, 0.1) is 0 Å². The van der Waals surface area contributed by atoms with Crippen LogP contribution in [-0.4, -0.2) is 29.1 Å². The van der Waals surface area contributed by atoms with Gasteiger partial charge in [0.25, 0.3) is 0 Å². The second kappa shape index (κ2) is 5.41. The zero-order chi connectivity index (χ0) is 11.5. The average Bonchev–Trinajstić information content (AvgIpc) is 2.25. The van der Waals surface area contributed by atoms with Crippen LogP contribution in [0.2, 0.25) is 5.02 Å². The van der Waals surface area contributed by atoms with Crippen molar-refractivity contribution in [3.63, 3.8) is 0 Å². The first-order valence-corrected chi connectivity index (χ1v) is 6.71. The van der Waals surface area contributed by atoms with E-state index in [0.29, 0.717) is 17.4 Å². The first kappa shape index (κ1) is 12.2. The molecule has 0 bridgehead atoms. The second-order valence-corrected chi connectivity index (χ2v) is 5.51. The number of hydrogen-bond acceptors (Lipinski definition) is 3. The molecular weight excluding hydrogens is 265 g/mol. The number of Topliss-reactive ketones (excluding diaryl/α,β-unsaturated/α-hetero) is 1. The number of alkyl halides is 1. The molecule has 16 heavy (non-hydrogen) atoms. The summed E-state index contributed by atoms with van der Waals surface area (Å²) in [7, 11) is 0. The summed E-state index contributed by atoms with van der Waals surface area (Å²) in [5, 5.41) is 0.665. The number of nitrogens with zero attached hydrogens (tertiary/aromatic N) is 1. The van der Waals surface area contributed by atoms with Crippen LogP contribution < -0.4 is 0 Å². The van der Waals surface area contributed by atoms with Crippen molar-refractivity contribution in [2.75, 3.05) is 19.0 Å². The first-order valence-electron chi connectivity index (χ1n) is 5.02. The van der Waals surface area contributed by atoms with E-state index in [1.165, 1.54) is 0 Å². The van der Waals surface area contributed by atoms with Crippen molar-refractivity contribution in [2.45, 2.75) is 11.3 Å². The molecule has 0 fully saturated rings. The molecule has 0 saturated heterocycles. The van der Waals surface area contributed by atoms with Gasteiger partial charge in [-0.1, -0.05) is 11.6 Å². The Bertz CT molecular complexity index is 411. The van der Waals surface area contributed by atoms with Crippen molar-refractivity contribution in [1.82, 2.24) is 4.31 Å². The summed E-state index contributed by atoms with van der Waals surface area (Å²) in [6.45, 7) is 1.28. The van der Waals surface area contributed by atoms with Gasteiger partial charge >= 0.3 is 0 Å². The fourth-order valence-electron chi connectivity index (χ4n) is 1.58. The molecule has 0 aliphatic carbocycles. The van der Waals surface area contributed by atoms with Gasteiger partial charge in [0.2, 0.25) is 0 Å². The van der Waals surface area contributed by atoms with Crippen LogP contribution in [0.3, 0.4) is 0 Å². The van der Waals surface area contributed by atoms with E-state index in [1.54, 1.807) is 24.1 Å². The molecule has 2 rings (SSSR count). The van der Waals surface area contributed by atoms with Crippen LogP contribution in [0.1, 0.15) is 16.8 Å². The number of hydrogen-bond donors (Lipinski definition) is 0. The van der Waals surface area contributed by atoms with Gasteiger partial charge in [0.1, 0.15) is 0 Å². The van der Waals surface area contributed by atoms with Gasteiger partial charge in [-0.2, -0.15) is 0 Å². The molecule has 1 aromatic carbocycles. The normalized spacial score (nSPS) is 16.2. The molecule has 1 aromatic rings. The van der Waals surface area contributed by atoms with E-state index < -0.39 is 0 Å². The summed E-state index contributed by atoms with van der Waals surface area (Å²) >= 11 is 13.1. The Labute approximate surface area is 109 Å². The SMILES string of the molecule is O=C1CN(CCCCl)Sc2cc(Cl)ccc21. The molecule has 1 aliphatic rings. The molecule has 0 spiro atoms. The Balaban J connectivity index is 2.17. The lowest BCUT2D eigenvalue weighted by atomic mass is 10.1. The summed E-state index contributed by atoms with van der Waals surface area (Å²) in [5.41, 5.74) is 0.775. The van der Waals surface area contributed by atoms with Gasteiger partial charge in [-0.05, 0) is 36.6 Å². The van der Waals surface area contributed by atoms with E-state index in [9.17, 15) is 4.79 Å². The Morgan fingerprint density at radius 2 is 2.25 bits per heavy atom. The zero-order valence-electron chi connectivity index (χ0n) is 8.58. The Hall–Kier alpha value is -0.220. The highest BCUT2D eigenvalue weighted by Gasteiger charge is 2.23. The first-order chi connectivity index (χ1) is 7.70. The highest BCUT2D eigenvalue weighted by atomic mass is 35.5. The third-order valence-corrected chi connectivity index (χ3v) is 3.94. The van der Waals surface area contributed by atoms with E-state index in [2.05, 4.69) is 0 Å². The minimum atomic E-state index is 0.153. The van der Waals surface area contributed by atoms with Crippen LogP contribution in [0.5, 0.6) is 0 Å². The number of halogens is 2. The van der Waals surface area contributed by atoms with Crippen LogP contribution >= 0.6 is 35.1 Å². The number of rotatable bonds is 3. The molecule has 0 atom stereocenters. The largest absolute Gasteiger partial charge is 0.293 e. The Morgan fingerprint density at radius 3 is 3.00 bits per heavy atom. The molecule has 1 aliphatic heterocycles. The molecule has 0 amide bonds. The summed E-state index contributed by atoms with van der Waals surface area (Å²) in [6, 6.07) is 5.39. The van der Waals surface area contributed by atoms with Crippen molar-refractivity contribution in [3.8, 4) is 0 Å². The molecule has 5 heteroatoms. The van der Waals surface area contributed by atoms with Gasteiger partial charge in [0, 0.05) is 27.9 Å². The molecule has 1 heterocycles. The lowest BCUT2D eigenvalue weighted by molar-refractivity contribution is 0.0962. The third-order valence-electron chi connectivity index (χ3n) is 2.33. The lowest BCUT2D eigenvalue weighted by Crippen LogP contribution is -2.29. The van der Waals surface area contributed by atoms with Crippen LogP contribution in [0.25, 0.3) is 0 Å². The number of ketones is 1. The summed E-state index contributed by atoms with van der Waals surface area (Å²) in [5.74, 6) is 0.771. The molecule has 0 saturated carbocycles. The standard InChI is InChI=1S/C11H11Cl2NOS/c12-4-1-5-14-7-10(15)9-3-2-8(13)6-11(9)16-14/h2-3,6H,1,4-5,7H2. The maximum atomic E-state index is 11.8. The number of carbonyl (C=O) groups is 1. The molecular formula is C11H11Cl2NOS. The number of fused-ring (bicyclic) bond motifs is 1. The van der Waals surface area contributed by atoms with Gasteiger partial charge in [-0.3, -0.25) is 4.79 Å². The van der Waals surface area contributed by atoms with Crippen molar-refractivity contribution in [1.29, 1.82) is 0 Å². The van der Waals surface area contributed by atoms with Crippen LogP contribution in [0.4, 0.5) is 0 Å². The van der Waals surface area contributed by atoms with Gasteiger partial charge in [0.15, 0.2) is 5.78 Å². The third kappa shape index (κ3) is 2.72. The monoisotopic (exact) mass is 275 g/mol. The zero-order valence-corrected chi connectivity index (χ0v) is 10.9. The lowest BCUT2D eigenvalue weighted by Gasteiger charge is -2.26. The summed E-state index contributed by atoms with van der Waals surface area (Å²) in [6.07, 6.45) is 0.887. The second-order valence-electron chi connectivity index (χ2n) is 3.56. The average molecular weight is 276 g/mol. The van der Waals surface area contributed by atoms with Crippen LogP contribution in [0.15, 0.2) is 23.1 Å². The van der Waals surface area contributed by atoms with Crippen molar-refractivity contribution < 1.29 is 4.79 Å². The van der Waals surface area contributed by atoms with E-state index in [-0.39, 0.29) is 5.78 Å². The number of benzene rings is 1. The maximum Gasteiger partial charge on any atom is 0.178 e. The molecule has 0 N–H and O–H groups in total. The summed E-state index contributed by atoms with van der Waals surface area (Å²) in [4.78, 5) is 12.8. The highest BCUT2D eigenvalue weighted by molar-refractivity contribution is 7.97. The van der Waals surface area contributed by atoms with E-state index in [0.717, 1.165) is 23.4 Å². The predicted octanol–water partition coefficient (Wildman–Crippen LogP) is 3.47. The quantitative estimate of drug-likeness (QED) is 0.622. The minimum absolute atomic E-state index is 0.153. The maximum absolute atomic E-state index is 11.8. The highest BCUT2D eigenvalue weighted by Crippen LogP contribution is 2.33. The van der Waals surface area contributed by atoms with E-state index >= 15 is 0 Å². The van der Waals surface area contributed by atoms with E-state index in [4.69, 9.17) is 23.2 Å². The van der Waals surface area contributed by atoms with Gasteiger partial charge < -0.3 is 0 Å². The fraction of sp³-hybridized carbons (Fsp3) is 0.364.